The second-order valence-corrected chi connectivity index (χ2v) is 4.12. The van der Waals surface area contributed by atoms with E-state index in [0.29, 0.717) is 0 Å². The lowest BCUT2D eigenvalue weighted by molar-refractivity contribution is 0.394. The van der Waals surface area contributed by atoms with Crippen LogP contribution in [0, 0.1) is 0 Å². The van der Waals surface area contributed by atoms with Gasteiger partial charge in [-0.25, -0.2) is 0 Å². The van der Waals surface area contributed by atoms with Crippen molar-refractivity contribution < 1.29 is 4.74 Å². The van der Waals surface area contributed by atoms with Gasteiger partial charge in [0.1, 0.15) is 11.5 Å². The van der Waals surface area contributed by atoms with Gasteiger partial charge in [0.25, 0.3) is 0 Å². The van der Waals surface area contributed by atoms with E-state index in [1.165, 1.54) is 5.56 Å². The normalized spacial score (nSPS) is 18.6. The van der Waals surface area contributed by atoms with Crippen molar-refractivity contribution in [2.45, 2.75) is 19.4 Å². The molecule has 3 rings (SSSR count). The lowest BCUT2D eigenvalue weighted by Crippen LogP contribution is -2.17. The van der Waals surface area contributed by atoms with Crippen molar-refractivity contribution in [3.05, 3.63) is 53.1 Å². The van der Waals surface area contributed by atoms with Crippen LogP contribution < -0.4 is 15.8 Å². The maximum Gasteiger partial charge on any atom is 0.132 e. The van der Waals surface area contributed by atoms with Gasteiger partial charge in [0.2, 0.25) is 0 Å². The molecule has 0 saturated carbocycles. The number of hydrogen-bond donors (Lipinski definition) is 2. The van der Waals surface area contributed by atoms with Crippen LogP contribution in [0.25, 0.3) is 0 Å². The molecule has 0 bridgehead atoms. The minimum Gasteiger partial charge on any atom is -0.459 e. The molecule has 3 N–H and O–H groups in total. The van der Waals surface area contributed by atoms with Crippen LogP contribution in [-0.2, 0) is 6.54 Å². The summed E-state index contributed by atoms with van der Waals surface area (Å²) >= 11 is 0. The zero-order valence-corrected chi connectivity index (χ0v) is 8.99. The average Bonchev–Trinajstić information content (AvgIpc) is 2.48. The standard InChI is InChI=1S/C13H14N2O/c14-10-5-6-13-11(7-10)15-8-9-3-1-2-4-12(9)16-13/h1-4,7,15H,5-6,8,14H2. The maximum atomic E-state index is 5.93. The van der Waals surface area contributed by atoms with Gasteiger partial charge < -0.3 is 15.8 Å². The Morgan fingerprint density at radius 2 is 2.06 bits per heavy atom. The van der Waals surface area contributed by atoms with Crippen molar-refractivity contribution in [3.63, 3.8) is 0 Å². The number of para-hydroxylation sites is 1. The van der Waals surface area contributed by atoms with E-state index in [1.54, 1.807) is 0 Å². The van der Waals surface area contributed by atoms with Gasteiger partial charge in [0, 0.05) is 24.2 Å². The van der Waals surface area contributed by atoms with Crippen LogP contribution in [0.1, 0.15) is 18.4 Å². The van der Waals surface area contributed by atoms with Gasteiger partial charge in [-0.1, -0.05) is 18.2 Å². The Balaban J connectivity index is 1.99. The SMILES string of the molecule is NC1=CC2=C(CC1)Oc1ccccc1CN2. The quantitative estimate of drug-likeness (QED) is 0.694. The molecule has 2 aliphatic rings. The first-order chi connectivity index (χ1) is 7.83. The smallest absolute Gasteiger partial charge is 0.132 e. The lowest BCUT2D eigenvalue weighted by Gasteiger charge is -2.16. The highest BCUT2D eigenvalue weighted by atomic mass is 16.5. The van der Waals surface area contributed by atoms with Gasteiger partial charge in [-0.2, -0.15) is 0 Å². The number of rotatable bonds is 0. The first kappa shape index (κ1) is 9.33. The molecule has 0 amide bonds. The summed E-state index contributed by atoms with van der Waals surface area (Å²) in [6.45, 7) is 0.790. The first-order valence-corrected chi connectivity index (χ1v) is 5.52. The van der Waals surface area contributed by atoms with Crippen molar-refractivity contribution in [1.29, 1.82) is 0 Å². The molecule has 1 aromatic carbocycles. The molecule has 16 heavy (non-hydrogen) atoms. The number of fused-ring (bicyclic) bond motifs is 1. The van der Waals surface area contributed by atoms with Gasteiger partial charge >= 0.3 is 0 Å². The van der Waals surface area contributed by atoms with Crippen molar-refractivity contribution in [1.82, 2.24) is 5.32 Å². The summed E-state index contributed by atoms with van der Waals surface area (Å²) in [6, 6.07) is 8.11. The molecule has 1 heterocycles. The maximum absolute atomic E-state index is 5.93. The highest BCUT2D eigenvalue weighted by molar-refractivity contribution is 5.40. The third-order valence-corrected chi connectivity index (χ3v) is 2.95. The summed E-state index contributed by atoms with van der Waals surface area (Å²) in [4.78, 5) is 0. The fraction of sp³-hybridized carbons (Fsp3) is 0.231. The largest absolute Gasteiger partial charge is 0.459 e. The number of hydrogen-bond acceptors (Lipinski definition) is 3. The zero-order chi connectivity index (χ0) is 11.0. The third-order valence-electron chi connectivity index (χ3n) is 2.95. The molecule has 1 aliphatic carbocycles. The Morgan fingerprint density at radius 1 is 1.19 bits per heavy atom. The number of allylic oxidation sites excluding steroid dienone is 3. The summed E-state index contributed by atoms with van der Waals surface area (Å²) < 4.78 is 5.93. The van der Waals surface area contributed by atoms with Gasteiger partial charge in [0.15, 0.2) is 0 Å². The molecule has 1 aromatic rings. The molecule has 0 saturated heterocycles. The molecule has 0 unspecified atom stereocenters. The monoisotopic (exact) mass is 214 g/mol. The van der Waals surface area contributed by atoms with Crippen molar-refractivity contribution in [2.75, 3.05) is 0 Å². The van der Waals surface area contributed by atoms with Gasteiger partial charge in [-0.15, -0.1) is 0 Å². The topological polar surface area (TPSA) is 47.3 Å². The Kier molecular flexibility index (Phi) is 2.10. The summed E-state index contributed by atoms with van der Waals surface area (Å²) in [5.41, 5.74) is 8.96. The van der Waals surface area contributed by atoms with E-state index >= 15 is 0 Å². The predicted molar refractivity (Wildman–Crippen MR) is 62.4 cm³/mol. The van der Waals surface area contributed by atoms with Crippen LogP contribution in [-0.4, -0.2) is 0 Å². The van der Waals surface area contributed by atoms with Gasteiger partial charge in [0.05, 0.1) is 5.70 Å². The van der Waals surface area contributed by atoms with E-state index in [0.717, 1.165) is 42.3 Å². The Morgan fingerprint density at radius 3 is 3.00 bits per heavy atom. The third kappa shape index (κ3) is 1.54. The molecule has 3 nitrogen and oxygen atoms in total. The van der Waals surface area contributed by atoms with Crippen LogP contribution in [0.5, 0.6) is 5.75 Å². The van der Waals surface area contributed by atoms with E-state index in [1.807, 2.05) is 24.3 Å². The minimum absolute atomic E-state index is 0.790. The molecular weight excluding hydrogens is 200 g/mol. The Hall–Kier alpha value is -1.90. The van der Waals surface area contributed by atoms with E-state index in [4.69, 9.17) is 10.5 Å². The summed E-state index contributed by atoms with van der Waals surface area (Å²) in [6.07, 6.45) is 3.73. The predicted octanol–water partition coefficient (Wildman–Crippen LogP) is 2.02. The molecule has 0 spiro atoms. The first-order valence-electron chi connectivity index (χ1n) is 5.52. The van der Waals surface area contributed by atoms with Crippen LogP contribution in [0.4, 0.5) is 0 Å². The highest BCUT2D eigenvalue weighted by Crippen LogP contribution is 2.29. The fourth-order valence-corrected chi connectivity index (χ4v) is 2.06. The lowest BCUT2D eigenvalue weighted by atomic mass is 10.1. The van der Waals surface area contributed by atoms with E-state index in [-0.39, 0.29) is 0 Å². The number of nitrogens with two attached hydrogens (primary N) is 1. The molecule has 0 aromatic heterocycles. The fourth-order valence-electron chi connectivity index (χ4n) is 2.06. The molecule has 1 aliphatic heterocycles. The Bertz CT molecular complexity index is 488. The minimum atomic E-state index is 0.790. The molecular formula is C13H14N2O. The van der Waals surface area contributed by atoms with E-state index in [2.05, 4.69) is 11.4 Å². The second-order valence-electron chi connectivity index (χ2n) is 4.12. The number of benzene rings is 1. The molecule has 3 heteroatoms. The van der Waals surface area contributed by atoms with Crippen LogP contribution in [0.3, 0.4) is 0 Å². The van der Waals surface area contributed by atoms with E-state index < -0.39 is 0 Å². The number of nitrogens with one attached hydrogen (secondary N) is 1. The average molecular weight is 214 g/mol. The molecule has 0 atom stereocenters. The summed E-state index contributed by atoms with van der Waals surface area (Å²) in [5, 5.41) is 3.37. The van der Waals surface area contributed by atoms with Crippen molar-refractivity contribution in [2.24, 2.45) is 5.73 Å². The van der Waals surface area contributed by atoms with Crippen LogP contribution in [0.2, 0.25) is 0 Å². The van der Waals surface area contributed by atoms with Crippen molar-refractivity contribution >= 4 is 0 Å². The molecule has 0 fully saturated rings. The molecule has 0 radical (unpaired) electrons. The van der Waals surface area contributed by atoms with Gasteiger partial charge in [-0.05, 0) is 18.6 Å². The molecule has 82 valence electrons. The van der Waals surface area contributed by atoms with E-state index in [9.17, 15) is 0 Å². The second kappa shape index (κ2) is 3.59. The van der Waals surface area contributed by atoms with Crippen LogP contribution >= 0.6 is 0 Å². The number of ether oxygens (including phenoxy) is 1. The summed E-state index contributed by atoms with van der Waals surface area (Å²) in [7, 11) is 0. The zero-order valence-electron chi connectivity index (χ0n) is 8.99. The van der Waals surface area contributed by atoms with Crippen molar-refractivity contribution in [3.8, 4) is 5.75 Å². The van der Waals surface area contributed by atoms with Gasteiger partial charge in [-0.3, -0.25) is 0 Å². The van der Waals surface area contributed by atoms with Crippen LogP contribution in [0.15, 0.2) is 47.5 Å². The highest BCUT2D eigenvalue weighted by Gasteiger charge is 2.18. The Labute approximate surface area is 94.6 Å². The summed E-state index contributed by atoms with van der Waals surface area (Å²) in [5.74, 6) is 1.95.